The third-order valence-electron chi connectivity index (χ3n) is 3.44. The fourth-order valence-corrected chi connectivity index (χ4v) is 2.73. The molecule has 0 aliphatic carbocycles. The van der Waals surface area contributed by atoms with Crippen LogP contribution in [-0.2, 0) is 11.3 Å². The zero-order chi connectivity index (χ0) is 15.5. The van der Waals surface area contributed by atoms with E-state index in [4.69, 9.17) is 0 Å². The third kappa shape index (κ3) is 3.17. The lowest BCUT2D eigenvalue weighted by atomic mass is 10.1. The van der Waals surface area contributed by atoms with Crippen LogP contribution >= 0.6 is 15.9 Å². The van der Waals surface area contributed by atoms with E-state index in [1.807, 2.05) is 55.5 Å². The maximum atomic E-state index is 12.2. The largest absolute Gasteiger partial charge is 0.348 e. The normalized spacial score (nSPS) is 12.3. The standard InChI is InChI=1S/C16H15BrN4O/c1-11(12-5-4-6-13(17)9-12)18-16(22)10-21-15-8-3-2-7-14(15)19-20-21/h2-9,11H,10H2,1H3,(H,18,22). The molecule has 1 atom stereocenters. The van der Waals surface area contributed by atoms with Crippen LogP contribution in [-0.4, -0.2) is 20.9 Å². The average Bonchev–Trinajstić information content (AvgIpc) is 2.90. The highest BCUT2D eigenvalue weighted by molar-refractivity contribution is 9.10. The number of para-hydroxylation sites is 1. The molecule has 0 fully saturated rings. The molecule has 1 heterocycles. The molecular formula is C16H15BrN4O. The molecule has 1 aromatic heterocycles. The van der Waals surface area contributed by atoms with Crippen molar-refractivity contribution in [2.75, 3.05) is 0 Å². The number of halogens is 1. The van der Waals surface area contributed by atoms with Crippen LogP contribution in [0.4, 0.5) is 0 Å². The van der Waals surface area contributed by atoms with Gasteiger partial charge < -0.3 is 5.32 Å². The number of amides is 1. The Morgan fingerprint density at radius 1 is 1.27 bits per heavy atom. The van der Waals surface area contributed by atoms with Gasteiger partial charge in [-0.3, -0.25) is 4.79 Å². The van der Waals surface area contributed by atoms with Crippen LogP contribution in [0.2, 0.25) is 0 Å². The van der Waals surface area contributed by atoms with Gasteiger partial charge in [0.05, 0.1) is 11.6 Å². The van der Waals surface area contributed by atoms with Crippen molar-refractivity contribution in [2.24, 2.45) is 0 Å². The van der Waals surface area contributed by atoms with Crippen LogP contribution in [0.25, 0.3) is 11.0 Å². The quantitative estimate of drug-likeness (QED) is 0.779. The van der Waals surface area contributed by atoms with E-state index in [1.165, 1.54) is 0 Å². The van der Waals surface area contributed by atoms with Crippen LogP contribution < -0.4 is 5.32 Å². The molecule has 0 spiro atoms. The van der Waals surface area contributed by atoms with Crippen molar-refractivity contribution in [2.45, 2.75) is 19.5 Å². The Morgan fingerprint density at radius 3 is 2.91 bits per heavy atom. The number of carbonyl (C=O) groups excluding carboxylic acids is 1. The second-order valence-corrected chi connectivity index (χ2v) is 6.00. The summed E-state index contributed by atoms with van der Waals surface area (Å²) in [7, 11) is 0. The maximum absolute atomic E-state index is 12.2. The van der Waals surface area contributed by atoms with Crippen LogP contribution in [0.3, 0.4) is 0 Å². The minimum Gasteiger partial charge on any atom is -0.348 e. The Labute approximate surface area is 136 Å². The molecule has 0 aliphatic rings. The summed E-state index contributed by atoms with van der Waals surface area (Å²) < 4.78 is 2.60. The van der Waals surface area contributed by atoms with E-state index in [0.717, 1.165) is 21.1 Å². The van der Waals surface area contributed by atoms with E-state index in [9.17, 15) is 4.79 Å². The lowest BCUT2D eigenvalue weighted by molar-refractivity contribution is -0.122. The number of nitrogens with one attached hydrogen (secondary N) is 1. The van der Waals surface area contributed by atoms with Crippen molar-refractivity contribution < 1.29 is 4.79 Å². The molecule has 0 saturated carbocycles. The Kier molecular flexibility index (Phi) is 4.20. The van der Waals surface area contributed by atoms with E-state index in [1.54, 1.807) is 4.68 Å². The van der Waals surface area contributed by atoms with E-state index in [0.29, 0.717) is 0 Å². The highest BCUT2D eigenvalue weighted by Gasteiger charge is 2.12. The first kappa shape index (κ1) is 14.7. The summed E-state index contributed by atoms with van der Waals surface area (Å²) in [6.45, 7) is 2.11. The number of nitrogens with zero attached hydrogens (tertiary/aromatic N) is 3. The van der Waals surface area contributed by atoms with Gasteiger partial charge >= 0.3 is 0 Å². The van der Waals surface area contributed by atoms with E-state index in [2.05, 4.69) is 31.6 Å². The fourth-order valence-electron chi connectivity index (χ4n) is 2.32. The Bertz CT molecular complexity index is 815. The summed E-state index contributed by atoms with van der Waals surface area (Å²) in [6.07, 6.45) is 0. The summed E-state index contributed by atoms with van der Waals surface area (Å²) >= 11 is 3.44. The molecule has 1 amide bonds. The second kappa shape index (κ2) is 6.27. The van der Waals surface area contributed by atoms with Gasteiger partial charge in [-0.05, 0) is 36.8 Å². The number of rotatable bonds is 4. The molecule has 0 saturated heterocycles. The number of carbonyl (C=O) groups is 1. The van der Waals surface area contributed by atoms with Crippen molar-refractivity contribution in [3.05, 3.63) is 58.6 Å². The molecular weight excluding hydrogens is 344 g/mol. The van der Waals surface area contributed by atoms with Gasteiger partial charge in [0.15, 0.2) is 0 Å². The number of benzene rings is 2. The molecule has 1 unspecified atom stereocenters. The lowest BCUT2D eigenvalue weighted by Gasteiger charge is -2.14. The fraction of sp³-hybridized carbons (Fsp3) is 0.188. The molecule has 2 aromatic carbocycles. The first-order chi connectivity index (χ1) is 10.6. The predicted octanol–water partition coefficient (Wildman–Crippen LogP) is 3.07. The van der Waals surface area contributed by atoms with Crippen molar-refractivity contribution in [1.29, 1.82) is 0 Å². The summed E-state index contributed by atoms with van der Waals surface area (Å²) in [6, 6.07) is 15.4. The zero-order valence-electron chi connectivity index (χ0n) is 12.0. The van der Waals surface area contributed by atoms with Crippen molar-refractivity contribution >= 4 is 32.9 Å². The molecule has 3 rings (SSSR count). The Morgan fingerprint density at radius 2 is 2.09 bits per heavy atom. The van der Waals surface area contributed by atoms with Crippen LogP contribution in [0.1, 0.15) is 18.5 Å². The minimum atomic E-state index is -0.0943. The maximum Gasteiger partial charge on any atom is 0.242 e. The average molecular weight is 359 g/mol. The summed E-state index contributed by atoms with van der Waals surface area (Å²) in [5.74, 6) is -0.0943. The highest BCUT2D eigenvalue weighted by atomic mass is 79.9. The van der Waals surface area contributed by atoms with Gasteiger partial charge in [0.25, 0.3) is 0 Å². The van der Waals surface area contributed by atoms with Gasteiger partial charge in [0.2, 0.25) is 5.91 Å². The molecule has 0 radical (unpaired) electrons. The van der Waals surface area contributed by atoms with Crippen molar-refractivity contribution in [3.63, 3.8) is 0 Å². The second-order valence-electron chi connectivity index (χ2n) is 5.08. The predicted molar refractivity (Wildman–Crippen MR) is 88.2 cm³/mol. The number of fused-ring (bicyclic) bond motifs is 1. The molecule has 0 bridgehead atoms. The van der Waals surface area contributed by atoms with Crippen molar-refractivity contribution in [1.82, 2.24) is 20.3 Å². The van der Waals surface area contributed by atoms with Gasteiger partial charge in [-0.25, -0.2) is 4.68 Å². The summed E-state index contributed by atoms with van der Waals surface area (Å²) in [4.78, 5) is 12.2. The van der Waals surface area contributed by atoms with Crippen LogP contribution in [0, 0.1) is 0 Å². The number of hydrogen-bond donors (Lipinski definition) is 1. The van der Waals surface area contributed by atoms with Crippen LogP contribution in [0.5, 0.6) is 0 Å². The minimum absolute atomic E-state index is 0.0696. The van der Waals surface area contributed by atoms with Gasteiger partial charge in [-0.15, -0.1) is 5.10 Å². The van der Waals surface area contributed by atoms with E-state index in [-0.39, 0.29) is 18.5 Å². The third-order valence-corrected chi connectivity index (χ3v) is 3.93. The first-order valence-corrected chi connectivity index (χ1v) is 7.76. The van der Waals surface area contributed by atoms with Crippen LogP contribution in [0.15, 0.2) is 53.0 Å². The number of hydrogen-bond acceptors (Lipinski definition) is 3. The molecule has 22 heavy (non-hydrogen) atoms. The Hall–Kier alpha value is -2.21. The molecule has 3 aromatic rings. The first-order valence-electron chi connectivity index (χ1n) is 6.96. The van der Waals surface area contributed by atoms with E-state index < -0.39 is 0 Å². The van der Waals surface area contributed by atoms with E-state index >= 15 is 0 Å². The molecule has 1 N–H and O–H groups in total. The zero-order valence-corrected chi connectivity index (χ0v) is 13.6. The summed E-state index contributed by atoms with van der Waals surface area (Å²) in [5.41, 5.74) is 2.69. The number of aromatic nitrogens is 3. The van der Waals surface area contributed by atoms with Gasteiger partial charge in [-0.1, -0.05) is 45.4 Å². The topological polar surface area (TPSA) is 59.8 Å². The SMILES string of the molecule is CC(NC(=O)Cn1nnc2ccccc21)c1cccc(Br)c1. The molecule has 0 aliphatic heterocycles. The molecule has 6 heteroatoms. The van der Waals surface area contributed by atoms with Gasteiger partial charge in [-0.2, -0.15) is 0 Å². The monoisotopic (exact) mass is 358 g/mol. The van der Waals surface area contributed by atoms with Gasteiger partial charge in [0, 0.05) is 4.47 Å². The molecule has 112 valence electrons. The summed E-state index contributed by atoms with van der Waals surface area (Å²) in [5, 5.41) is 11.1. The van der Waals surface area contributed by atoms with Crippen molar-refractivity contribution in [3.8, 4) is 0 Å². The smallest absolute Gasteiger partial charge is 0.242 e. The molecule has 5 nitrogen and oxygen atoms in total. The van der Waals surface area contributed by atoms with Gasteiger partial charge in [0.1, 0.15) is 12.1 Å². The Balaban J connectivity index is 1.70. The lowest BCUT2D eigenvalue weighted by Crippen LogP contribution is -2.30. The highest BCUT2D eigenvalue weighted by Crippen LogP contribution is 2.18.